The van der Waals surface area contributed by atoms with Gasteiger partial charge in [0.25, 0.3) is 0 Å². The molecule has 0 aliphatic carbocycles. The molecule has 0 radical (unpaired) electrons. The van der Waals surface area contributed by atoms with E-state index in [1.54, 1.807) is 0 Å². The molecule has 0 bridgehead atoms. The first kappa shape index (κ1) is 14.4. The minimum absolute atomic E-state index is 0.0398. The summed E-state index contributed by atoms with van der Waals surface area (Å²) in [6.45, 7) is 4.69. The standard InChI is InChI=1S/C11H23N3O3/c1-17-9-10(15)7-13-11(16)8-14-5-2-3-12-4-6-14/h10,12,15H,2-9H2,1H3,(H,13,16). The number of hydrogen-bond acceptors (Lipinski definition) is 5. The summed E-state index contributed by atoms with van der Waals surface area (Å²) in [7, 11) is 1.52. The molecule has 100 valence electrons. The number of hydrogen-bond donors (Lipinski definition) is 3. The van der Waals surface area contributed by atoms with Crippen LogP contribution in [0, 0.1) is 0 Å². The van der Waals surface area contributed by atoms with Crippen molar-refractivity contribution in [2.75, 3.05) is 53.0 Å². The van der Waals surface area contributed by atoms with E-state index in [-0.39, 0.29) is 19.1 Å². The van der Waals surface area contributed by atoms with Gasteiger partial charge in [-0.1, -0.05) is 0 Å². The third-order valence-corrected chi connectivity index (χ3v) is 2.69. The van der Waals surface area contributed by atoms with E-state index in [2.05, 4.69) is 15.5 Å². The van der Waals surface area contributed by atoms with E-state index in [4.69, 9.17) is 4.74 Å². The van der Waals surface area contributed by atoms with Crippen LogP contribution in [0.2, 0.25) is 0 Å². The molecule has 1 amide bonds. The molecule has 1 aliphatic rings. The third kappa shape index (κ3) is 6.58. The summed E-state index contributed by atoms with van der Waals surface area (Å²) in [5, 5.41) is 15.4. The van der Waals surface area contributed by atoms with Crippen LogP contribution in [-0.4, -0.2) is 75.0 Å². The van der Waals surface area contributed by atoms with Gasteiger partial charge in [0.1, 0.15) is 0 Å². The average molecular weight is 245 g/mol. The molecule has 1 heterocycles. The van der Waals surface area contributed by atoms with Gasteiger partial charge in [-0.3, -0.25) is 9.69 Å². The third-order valence-electron chi connectivity index (χ3n) is 2.69. The maximum Gasteiger partial charge on any atom is 0.234 e. The number of ether oxygens (including phenoxy) is 1. The predicted octanol–water partition coefficient (Wildman–Crippen LogP) is -1.59. The zero-order valence-corrected chi connectivity index (χ0v) is 10.4. The summed E-state index contributed by atoms with van der Waals surface area (Å²) in [5.41, 5.74) is 0. The van der Waals surface area contributed by atoms with Gasteiger partial charge >= 0.3 is 0 Å². The molecule has 0 aromatic heterocycles. The molecule has 6 nitrogen and oxygen atoms in total. The van der Waals surface area contributed by atoms with E-state index in [1.165, 1.54) is 7.11 Å². The maximum atomic E-state index is 11.6. The highest BCUT2D eigenvalue weighted by atomic mass is 16.5. The van der Waals surface area contributed by atoms with Gasteiger partial charge < -0.3 is 20.5 Å². The van der Waals surface area contributed by atoms with E-state index >= 15 is 0 Å². The summed E-state index contributed by atoms with van der Waals surface area (Å²) in [6, 6.07) is 0. The minimum Gasteiger partial charge on any atom is -0.389 e. The van der Waals surface area contributed by atoms with Gasteiger partial charge in [0, 0.05) is 26.7 Å². The number of nitrogens with one attached hydrogen (secondary N) is 2. The Hall–Kier alpha value is -0.690. The van der Waals surface area contributed by atoms with Crippen molar-refractivity contribution in [2.45, 2.75) is 12.5 Å². The Morgan fingerprint density at radius 3 is 3.12 bits per heavy atom. The van der Waals surface area contributed by atoms with Crippen molar-refractivity contribution in [2.24, 2.45) is 0 Å². The van der Waals surface area contributed by atoms with E-state index in [0.29, 0.717) is 6.54 Å². The number of amides is 1. The Balaban J connectivity index is 2.14. The second-order valence-corrected chi connectivity index (χ2v) is 4.29. The van der Waals surface area contributed by atoms with Crippen molar-refractivity contribution in [3.05, 3.63) is 0 Å². The first-order valence-electron chi connectivity index (χ1n) is 6.09. The largest absolute Gasteiger partial charge is 0.389 e. The predicted molar refractivity (Wildman–Crippen MR) is 64.8 cm³/mol. The van der Waals surface area contributed by atoms with E-state index in [9.17, 15) is 9.90 Å². The number of aliphatic hydroxyl groups excluding tert-OH is 1. The molecular formula is C11H23N3O3. The highest BCUT2D eigenvalue weighted by Gasteiger charge is 2.13. The topological polar surface area (TPSA) is 73.8 Å². The van der Waals surface area contributed by atoms with Gasteiger partial charge in [-0.15, -0.1) is 0 Å². The molecule has 1 fully saturated rings. The second kappa shape index (κ2) is 8.41. The molecule has 3 N–H and O–H groups in total. The molecule has 1 unspecified atom stereocenters. The van der Waals surface area contributed by atoms with Gasteiger partial charge in [-0.25, -0.2) is 0 Å². The van der Waals surface area contributed by atoms with Crippen LogP contribution in [0.4, 0.5) is 0 Å². The number of nitrogens with zero attached hydrogens (tertiary/aromatic N) is 1. The highest BCUT2D eigenvalue weighted by molar-refractivity contribution is 5.78. The normalized spacial score (nSPS) is 19.6. The smallest absolute Gasteiger partial charge is 0.234 e. The van der Waals surface area contributed by atoms with Gasteiger partial charge in [0.15, 0.2) is 0 Å². The number of carbonyl (C=O) groups is 1. The molecule has 0 aromatic carbocycles. The van der Waals surface area contributed by atoms with Gasteiger partial charge in [-0.05, 0) is 19.5 Å². The number of aliphatic hydroxyl groups is 1. The molecule has 0 saturated carbocycles. The second-order valence-electron chi connectivity index (χ2n) is 4.29. The Morgan fingerprint density at radius 1 is 1.53 bits per heavy atom. The van der Waals surface area contributed by atoms with Crippen molar-refractivity contribution in [3.8, 4) is 0 Å². The number of methoxy groups -OCH3 is 1. The fourth-order valence-corrected chi connectivity index (χ4v) is 1.80. The van der Waals surface area contributed by atoms with Crippen molar-refractivity contribution in [1.82, 2.24) is 15.5 Å². The number of carbonyl (C=O) groups excluding carboxylic acids is 1. The monoisotopic (exact) mass is 245 g/mol. The summed E-state index contributed by atoms with van der Waals surface area (Å²) < 4.78 is 4.78. The lowest BCUT2D eigenvalue weighted by atomic mass is 10.3. The number of rotatable bonds is 6. The van der Waals surface area contributed by atoms with E-state index in [1.807, 2.05) is 0 Å². The highest BCUT2D eigenvalue weighted by Crippen LogP contribution is 1.94. The Kier molecular flexibility index (Phi) is 7.11. The van der Waals surface area contributed by atoms with Crippen molar-refractivity contribution >= 4 is 5.91 Å². The maximum absolute atomic E-state index is 11.6. The molecule has 0 spiro atoms. The van der Waals surface area contributed by atoms with Crippen LogP contribution in [-0.2, 0) is 9.53 Å². The lowest BCUT2D eigenvalue weighted by molar-refractivity contribution is -0.122. The first-order valence-corrected chi connectivity index (χ1v) is 6.09. The fourth-order valence-electron chi connectivity index (χ4n) is 1.80. The minimum atomic E-state index is -0.630. The van der Waals surface area contributed by atoms with E-state index < -0.39 is 6.10 Å². The summed E-state index contributed by atoms with van der Waals surface area (Å²) in [5.74, 6) is -0.0398. The molecule has 17 heavy (non-hydrogen) atoms. The van der Waals surface area contributed by atoms with Gasteiger partial charge in [-0.2, -0.15) is 0 Å². The Labute approximate surface area is 102 Å². The van der Waals surface area contributed by atoms with Crippen LogP contribution in [0.15, 0.2) is 0 Å². The van der Waals surface area contributed by atoms with Gasteiger partial charge in [0.05, 0.1) is 19.3 Å². The zero-order valence-electron chi connectivity index (χ0n) is 10.4. The fraction of sp³-hybridized carbons (Fsp3) is 0.909. The van der Waals surface area contributed by atoms with Crippen molar-refractivity contribution in [3.63, 3.8) is 0 Å². The molecular weight excluding hydrogens is 222 g/mol. The lowest BCUT2D eigenvalue weighted by Crippen LogP contribution is -2.42. The van der Waals surface area contributed by atoms with Crippen LogP contribution in [0.1, 0.15) is 6.42 Å². The summed E-state index contributed by atoms with van der Waals surface area (Å²) in [4.78, 5) is 13.7. The quantitative estimate of drug-likeness (QED) is 0.526. The lowest BCUT2D eigenvalue weighted by Gasteiger charge is -2.19. The summed E-state index contributed by atoms with van der Waals surface area (Å²) >= 11 is 0. The van der Waals surface area contributed by atoms with Crippen molar-refractivity contribution in [1.29, 1.82) is 0 Å². The van der Waals surface area contributed by atoms with Crippen LogP contribution < -0.4 is 10.6 Å². The molecule has 6 heteroatoms. The van der Waals surface area contributed by atoms with Crippen molar-refractivity contribution < 1.29 is 14.6 Å². The molecule has 1 saturated heterocycles. The molecule has 0 aromatic rings. The molecule has 1 atom stereocenters. The summed E-state index contributed by atoms with van der Waals surface area (Å²) in [6.07, 6.45) is 0.439. The van der Waals surface area contributed by atoms with Crippen LogP contribution in [0.3, 0.4) is 0 Å². The molecule has 1 aliphatic heterocycles. The average Bonchev–Trinajstić information content (AvgIpc) is 2.55. The zero-order chi connectivity index (χ0) is 12.5. The van der Waals surface area contributed by atoms with E-state index in [0.717, 1.165) is 32.6 Å². The van der Waals surface area contributed by atoms with Crippen LogP contribution in [0.25, 0.3) is 0 Å². The van der Waals surface area contributed by atoms with Crippen LogP contribution >= 0.6 is 0 Å². The SMILES string of the molecule is COCC(O)CNC(=O)CN1CCCNCC1. The van der Waals surface area contributed by atoms with Gasteiger partial charge in [0.2, 0.25) is 5.91 Å². The Bertz CT molecular complexity index is 218. The molecule has 1 rings (SSSR count). The first-order chi connectivity index (χ1) is 8.22. The Morgan fingerprint density at radius 2 is 2.35 bits per heavy atom. The van der Waals surface area contributed by atoms with Crippen LogP contribution in [0.5, 0.6) is 0 Å².